The molecule has 0 saturated heterocycles. The van der Waals surface area contributed by atoms with Crippen LogP contribution < -0.4 is 15.2 Å². The van der Waals surface area contributed by atoms with Gasteiger partial charge in [0.25, 0.3) is 5.91 Å². The summed E-state index contributed by atoms with van der Waals surface area (Å²) in [6, 6.07) is 20.4. The standard InChI is InChI=1S/C32H32N4O4/c1-39-29-16-20-14-26(35-25(20)17-30(29)40-2)32(38)36(27-13-7-9-19-8-3-4-11-23(19)27)28(31(33)37)15-21-18-34-24-12-6-5-10-22(21)24/h3-6,8,10-12,14,16-18,27-28,34-35H,7,9,13,15H2,1-2H3,(H2,33,37)/t27?,28-/m0/s1. The van der Waals surface area contributed by atoms with Crippen molar-refractivity contribution < 1.29 is 19.1 Å². The number of nitrogens with one attached hydrogen (secondary N) is 2. The van der Waals surface area contributed by atoms with Gasteiger partial charge in [0, 0.05) is 40.5 Å². The number of aromatic amines is 2. The van der Waals surface area contributed by atoms with Gasteiger partial charge in [-0.1, -0.05) is 42.5 Å². The molecule has 0 fully saturated rings. The van der Waals surface area contributed by atoms with Gasteiger partial charge < -0.3 is 30.1 Å². The first-order chi connectivity index (χ1) is 19.5. The van der Waals surface area contributed by atoms with Crippen LogP contribution in [0, 0.1) is 0 Å². The van der Waals surface area contributed by atoms with Crippen LogP contribution in [0.25, 0.3) is 21.8 Å². The molecule has 6 rings (SSSR count). The van der Waals surface area contributed by atoms with Crippen molar-refractivity contribution >= 4 is 33.6 Å². The van der Waals surface area contributed by atoms with Crippen LogP contribution in [0.15, 0.2) is 72.9 Å². The molecule has 2 heterocycles. The lowest BCUT2D eigenvalue weighted by Crippen LogP contribution is -2.51. The molecule has 8 nitrogen and oxygen atoms in total. The van der Waals surface area contributed by atoms with Gasteiger partial charge in [-0.3, -0.25) is 9.59 Å². The molecule has 4 N–H and O–H groups in total. The molecule has 2 aromatic heterocycles. The fourth-order valence-electron chi connectivity index (χ4n) is 6.08. The Labute approximate surface area is 232 Å². The fraction of sp³-hybridized carbons (Fsp3) is 0.250. The van der Waals surface area contributed by atoms with E-state index < -0.39 is 11.9 Å². The predicted molar refractivity (Wildman–Crippen MR) is 155 cm³/mol. The molecule has 2 atom stereocenters. The zero-order valence-corrected chi connectivity index (χ0v) is 22.6. The summed E-state index contributed by atoms with van der Waals surface area (Å²) in [5, 5.41) is 1.81. The summed E-state index contributed by atoms with van der Waals surface area (Å²) in [4.78, 5) is 35.9. The lowest BCUT2D eigenvalue weighted by atomic mass is 9.85. The number of nitrogens with zero attached hydrogens (tertiary/aromatic N) is 1. The highest BCUT2D eigenvalue weighted by molar-refractivity contribution is 6.01. The first kappa shape index (κ1) is 25.6. The van der Waals surface area contributed by atoms with E-state index in [2.05, 4.69) is 22.1 Å². The number of carbonyl (C=O) groups excluding carboxylic acids is 2. The Morgan fingerprint density at radius 2 is 1.75 bits per heavy atom. The van der Waals surface area contributed by atoms with Crippen LogP contribution in [0.1, 0.15) is 46.1 Å². The highest BCUT2D eigenvalue weighted by Crippen LogP contribution is 2.38. The molecule has 2 amide bonds. The number of rotatable bonds is 8. The Morgan fingerprint density at radius 3 is 2.55 bits per heavy atom. The minimum Gasteiger partial charge on any atom is -0.493 e. The third-order valence-electron chi connectivity index (χ3n) is 8.02. The summed E-state index contributed by atoms with van der Waals surface area (Å²) in [6.07, 6.45) is 4.78. The van der Waals surface area contributed by atoms with E-state index in [1.54, 1.807) is 25.2 Å². The predicted octanol–water partition coefficient (Wildman–Crippen LogP) is 5.28. The molecule has 0 bridgehead atoms. The average molecular weight is 537 g/mol. The second kappa shape index (κ2) is 10.4. The van der Waals surface area contributed by atoms with Gasteiger partial charge in [-0.2, -0.15) is 0 Å². The number of benzene rings is 3. The molecule has 0 saturated carbocycles. The normalized spacial score (nSPS) is 15.5. The van der Waals surface area contributed by atoms with Crippen LogP contribution >= 0.6 is 0 Å². The Kier molecular flexibility index (Phi) is 6.67. The molecule has 40 heavy (non-hydrogen) atoms. The third kappa shape index (κ3) is 4.45. The van der Waals surface area contributed by atoms with Crippen LogP contribution in [0.5, 0.6) is 11.5 Å². The number of aromatic nitrogens is 2. The number of para-hydroxylation sites is 1. The zero-order chi connectivity index (χ0) is 27.8. The van der Waals surface area contributed by atoms with E-state index in [9.17, 15) is 9.59 Å². The Balaban J connectivity index is 1.47. The number of hydrogen-bond donors (Lipinski definition) is 3. The van der Waals surface area contributed by atoms with Gasteiger partial charge in [0.15, 0.2) is 11.5 Å². The summed E-state index contributed by atoms with van der Waals surface area (Å²) in [5.41, 5.74) is 11.4. The molecule has 1 unspecified atom stereocenters. The molecule has 0 radical (unpaired) electrons. The van der Waals surface area contributed by atoms with Crippen molar-refractivity contribution in [3.63, 3.8) is 0 Å². The van der Waals surface area contributed by atoms with Crippen molar-refractivity contribution in [3.8, 4) is 11.5 Å². The lowest BCUT2D eigenvalue weighted by Gasteiger charge is -2.39. The minimum absolute atomic E-state index is 0.278. The average Bonchev–Trinajstić information content (AvgIpc) is 3.59. The van der Waals surface area contributed by atoms with Crippen molar-refractivity contribution in [1.29, 1.82) is 0 Å². The number of H-pyrrole nitrogens is 2. The monoisotopic (exact) mass is 536 g/mol. The van der Waals surface area contributed by atoms with Gasteiger partial charge >= 0.3 is 0 Å². The molecule has 3 aromatic carbocycles. The largest absolute Gasteiger partial charge is 0.493 e. The van der Waals surface area contributed by atoms with Crippen molar-refractivity contribution in [2.75, 3.05) is 14.2 Å². The summed E-state index contributed by atoms with van der Waals surface area (Å²) < 4.78 is 10.9. The maximum atomic E-state index is 14.5. The molecule has 0 spiro atoms. The summed E-state index contributed by atoms with van der Waals surface area (Å²) >= 11 is 0. The van der Waals surface area contributed by atoms with Crippen molar-refractivity contribution in [3.05, 3.63) is 95.3 Å². The van der Waals surface area contributed by atoms with Crippen LogP contribution in [0.4, 0.5) is 0 Å². The number of fused-ring (bicyclic) bond motifs is 3. The van der Waals surface area contributed by atoms with Gasteiger partial charge in [-0.05, 0) is 54.2 Å². The minimum atomic E-state index is -0.863. The number of amides is 2. The van der Waals surface area contributed by atoms with E-state index in [4.69, 9.17) is 15.2 Å². The number of primary amides is 1. The first-order valence-electron chi connectivity index (χ1n) is 13.5. The smallest absolute Gasteiger partial charge is 0.271 e. The van der Waals surface area contributed by atoms with Gasteiger partial charge in [0.05, 0.1) is 20.3 Å². The number of ether oxygens (including phenoxy) is 2. The molecule has 8 heteroatoms. The molecular weight excluding hydrogens is 504 g/mol. The van der Waals surface area contributed by atoms with E-state index in [-0.39, 0.29) is 11.9 Å². The third-order valence-corrected chi connectivity index (χ3v) is 8.02. The van der Waals surface area contributed by atoms with Gasteiger partial charge in [-0.25, -0.2) is 0 Å². The van der Waals surface area contributed by atoms with E-state index in [1.165, 1.54) is 5.56 Å². The highest BCUT2D eigenvalue weighted by atomic mass is 16.5. The Hall–Kier alpha value is -4.72. The molecular formula is C32H32N4O4. The highest BCUT2D eigenvalue weighted by Gasteiger charge is 2.38. The van der Waals surface area contributed by atoms with E-state index in [0.717, 1.165) is 52.2 Å². The van der Waals surface area contributed by atoms with Gasteiger partial charge in [0.1, 0.15) is 11.7 Å². The zero-order valence-electron chi connectivity index (χ0n) is 22.6. The second-order valence-corrected chi connectivity index (χ2v) is 10.3. The molecule has 204 valence electrons. The van der Waals surface area contributed by atoms with E-state index >= 15 is 0 Å². The number of nitrogens with two attached hydrogens (primary N) is 1. The fourth-order valence-corrected chi connectivity index (χ4v) is 6.08. The van der Waals surface area contributed by atoms with Crippen LogP contribution in [0.2, 0.25) is 0 Å². The van der Waals surface area contributed by atoms with E-state index in [0.29, 0.717) is 23.6 Å². The summed E-state index contributed by atoms with van der Waals surface area (Å²) in [5.74, 6) is 0.310. The number of hydrogen-bond acceptors (Lipinski definition) is 4. The SMILES string of the molecule is COc1cc2cc(C(=O)N(C3CCCc4ccccc43)[C@@H](Cc3c[nH]c4ccccc34)C(N)=O)[nH]c2cc1OC. The molecule has 1 aliphatic rings. The summed E-state index contributed by atoms with van der Waals surface area (Å²) in [6.45, 7) is 0. The number of carbonyl (C=O) groups is 2. The molecule has 0 aliphatic heterocycles. The topological polar surface area (TPSA) is 113 Å². The molecule has 1 aliphatic carbocycles. The Morgan fingerprint density at radius 1 is 1.00 bits per heavy atom. The van der Waals surface area contributed by atoms with Crippen molar-refractivity contribution in [2.45, 2.75) is 37.8 Å². The summed E-state index contributed by atoms with van der Waals surface area (Å²) in [7, 11) is 3.15. The van der Waals surface area contributed by atoms with Crippen molar-refractivity contribution in [2.24, 2.45) is 5.73 Å². The van der Waals surface area contributed by atoms with Gasteiger partial charge in [-0.15, -0.1) is 0 Å². The maximum Gasteiger partial charge on any atom is 0.271 e. The maximum absolute atomic E-state index is 14.5. The van der Waals surface area contributed by atoms with Crippen molar-refractivity contribution in [1.82, 2.24) is 14.9 Å². The molecule has 5 aromatic rings. The quantitative estimate of drug-likeness (QED) is 0.250. The Bertz CT molecular complexity index is 1680. The van der Waals surface area contributed by atoms with Gasteiger partial charge in [0.2, 0.25) is 5.91 Å². The lowest BCUT2D eigenvalue weighted by molar-refractivity contribution is -0.123. The number of aryl methyl sites for hydroxylation is 1. The second-order valence-electron chi connectivity index (χ2n) is 10.3. The number of methoxy groups -OCH3 is 2. The van der Waals surface area contributed by atoms with Crippen LogP contribution in [0.3, 0.4) is 0 Å². The van der Waals surface area contributed by atoms with E-state index in [1.807, 2.05) is 54.7 Å². The first-order valence-corrected chi connectivity index (χ1v) is 13.5. The van der Waals surface area contributed by atoms with Crippen LogP contribution in [-0.4, -0.2) is 46.9 Å². The van der Waals surface area contributed by atoms with Crippen LogP contribution in [-0.2, 0) is 17.6 Å².